The maximum absolute atomic E-state index is 9.08. The Morgan fingerprint density at radius 2 is 1.92 bits per heavy atom. The van der Waals surface area contributed by atoms with E-state index < -0.39 is 7.12 Å². The van der Waals surface area contributed by atoms with Crippen LogP contribution >= 0.6 is 0 Å². The van der Waals surface area contributed by atoms with Gasteiger partial charge in [-0.25, -0.2) is 0 Å². The van der Waals surface area contributed by atoms with Gasteiger partial charge in [0.1, 0.15) is 0 Å². The Bertz CT molecular complexity index is 302. The van der Waals surface area contributed by atoms with E-state index >= 15 is 0 Å². The summed E-state index contributed by atoms with van der Waals surface area (Å²) in [4.78, 5) is 0. The van der Waals surface area contributed by atoms with Gasteiger partial charge >= 0.3 is 7.12 Å². The third-order valence-electron chi connectivity index (χ3n) is 1.85. The van der Waals surface area contributed by atoms with Crippen molar-refractivity contribution < 1.29 is 10.0 Å². The number of hydrogen-bond acceptors (Lipinski definition) is 3. The zero-order valence-corrected chi connectivity index (χ0v) is 8.44. The van der Waals surface area contributed by atoms with Gasteiger partial charge in [0.05, 0.1) is 5.69 Å². The van der Waals surface area contributed by atoms with Crippen molar-refractivity contribution in [3.05, 3.63) is 11.9 Å². The summed E-state index contributed by atoms with van der Waals surface area (Å²) in [7, 11) is 0.323. The van der Waals surface area contributed by atoms with E-state index in [0.717, 1.165) is 5.69 Å². The Hall–Kier alpha value is -0.805. The zero-order chi connectivity index (χ0) is 10.2. The topological polar surface area (TPSA) is 58.3 Å². The van der Waals surface area contributed by atoms with Crippen molar-refractivity contribution in [3.8, 4) is 0 Å². The van der Waals surface area contributed by atoms with Gasteiger partial charge in [-0.15, -0.1) is 0 Å². The van der Waals surface area contributed by atoms with Crippen LogP contribution in [0.15, 0.2) is 6.20 Å². The van der Waals surface area contributed by atoms with E-state index in [1.165, 1.54) is 0 Å². The highest BCUT2D eigenvalue weighted by Gasteiger charge is 2.27. The minimum Gasteiger partial charge on any atom is -0.423 e. The molecular weight excluding hydrogens is 167 g/mol. The number of aryl methyl sites for hydroxylation is 1. The summed E-state index contributed by atoms with van der Waals surface area (Å²) in [6.07, 6.45) is 1.63. The lowest BCUT2D eigenvalue weighted by atomic mass is 9.74. The number of hydrogen-bond donors (Lipinski definition) is 2. The highest BCUT2D eigenvalue weighted by Crippen LogP contribution is 2.18. The summed E-state index contributed by atoms with van der Waals surface area (Å²) in [6.45, 7) is 5.96. The normalized spacial score (nSPS) is 11.8. The molecule has 0 aromatic carbocycles. The molecule has 0 unspecified atom stereocenters. The molecule has 0 fully saturated rings. The monoisotopic (exact) mass is 182 g/mol. The van der Waals surface area contributed by atoms with Gasteiger partial charge in [0, 0.05) is 24.1 Å². The second-order valence-electron chi connectivity index (χ2n) is 4.23. The summed E-state index contributed by atoms with van der Waals surface area (Å²) < 4.78 is 1.59. The van der Waals surface area contributed by atoms with Gasteiger partial charge in [-0.3, -0.25) is 4.68 Å². The zero-order valence-electron chi connectivity index (χ0n) is 8.44. The van der Waals surface area contributed by atoms with E-state index in [2.05, 4.69) is 5.10 Å². The van der Waals surface area contributed by atoms with E-state index in [9.17, 15) is 0 Å². The van der Waals surface area contributed by atoms with Crippen molar-refractivity contribution in [2.75, 3.05) is 0 Å². The van der Waals surface area contributed by atoms with Crippen LogP contribution in [0.4, 0.5) is 0 Å². The van der Waals surface area contributed by atoms with Crippen LogP contribution in [0.1, 0.15) is 26.5 Å². The van der Waals surface area contributed by atoms with Crippen LogP contribution in [-0.2, 0) is 12.5 Å². The molecule has 0 bridgehead atoms. The fourth-order valence-electron chi connectivity index (χ4n) is 1.28. The molecule has 1 rings (SSSR count). The Morgan fingerprint density at radius 1 is 1.38 bits per heavy atom. The molecule has 0 aliphatic heterocycles. The third kappa shape index (κ3) is 2.11. The van der Waals surface area contributed by atoms with Crippen LogP contribution in [0.5, 0.6) is 0 Å². The fraction of sp³-hybridized carbons (Fsp3) is 0.625. The predicted octanol–water partition coefficient (Wildman–Crippen LogP) is -0.603. The molecule has 0 saturated carbocycles. The number of nitrogens with zero attached hydrogens (tertiary/aromatic N) is 2. The molecule has 13 heavy (non-hydrogen) atoms. The third-order valence-corrected chi connectivity index (χ3v) is 1.85. The Morgan fingerprint density at radius 3 is 2.23 bits per heavy atom. The first-order valence-corrected chi connectivity index (χ1v) is 4.22. The first kappa shape index (κ1) is 10.3. The van der Waals surface area contributed by atoms with Crippen LogP contribution in [0.2, 0.25) is 0 Å². The number of rotatable bonds is 1. The van der Waals surface area contributed by atoms with Crippen molar-refractivity contribution in [2.45, 2.75) is 26.2 Å². The second kappa shape index (κ2) is 3.16. The Labute approximate surface area is 78.3 Å². The molecule has 4 nitrogen and oxygen atoms in total. The lowest BCUT2D eigenvalue weighted by molar-refractivity contribution is 0.424. The molecule has 0 atom stereocenters. The van der Waals surface area contributed by atoms with Crippen LogP contribution in [0.3, 0.4) is 0 Å². The van der Waals surface area contributed by atoms with Crippen molar-refractivity contribution in [1.29, 1.82) is 0 Å². The average molecular weight is 182 g/mol. The molecule has 0 aliphatic rings. The molecule has 1 aromatic heterocycles. The molecule has 1 heterocycles. The first-order chi connectivity index (χ1) is 5.82. The van der Waals surface area contributed by atoms with E-state index in [0.29, 0.717) is 5.46 Å². The molecular formula is C8H15BN2O2. The minimum atomic E-state index is -1.44. The summed E-state index contributed by atoms with van der Waals surface area (Å²) in [5.74, 6) is 0. The first-order valence-electron chi connectivity index (χ1n) is 4.22. The SMILES string of the molecule is Cn1cc(B(O)O)c(C(C)(C)C)n1. The molecule has 2 N–H and O–H groups in total. The molecule has 72 valence electrons. The lowest BCUT2D eigenvalue weighted by Gasteiger charge is -2.17. The van der Waals surface area contributed by atoms with E-state index in [-0.39, 0.29) is 5.41 Å². The highest BCUT2D eigenvalue weighted by molar-refractivity contribution is 6.59. The van der Waals surface area contributed by atoms with E-state index in [1.54, 1.807) is 17.9 Å². The number of aromatic nitrogens is 2. The molecule has 0 aliphatic carbocycles. The average Bonchev–Trinajstić information content (AvgIpc) is 2.29. The second-order valence-corrected chi connectivity index (χ2v) is 4.23. The standard InChI is InChI=1S/C8H15BN2O2/c1-8(2,3)7-6(9(12)13)5-11(4)10-7/h5,12-13H,1-4H3. The lowest BCUT2D eigenvalue weighted by Crippen LogP contribution is -2.35. The quantitative estimate of drug-likeness (QED) is 0.570. The molecule has 0 radical (unpaired) electrons. The maximum atomic E-state index is 9.08. The van der Waals surface area contributed by atoms with Gasteiger partial charge in [-0.05, 0) is 0 Å². The van der Waals surface area contributed by atoms with Gasteiger partial charge in [-0.1, -0.05) is 20.8 Å². The summed E-state index contributed by atoms with van der Waals surface area (Å²) in [5.41, 5.74) is 1.04. The van der Waals surface area contributed by atoms with Gasteiger partial charge in [0.2, 0.25) is 0 Å². The van der Waals surface area contributed by atoms with Crippen molar-refractivity contribution in [3.63, 3.8) is 0 Å². The largest absolute Gasteiger partial charge is 0.491 e. The van der Waals surface area contributed by atoms with E-state index in [1.807, 2.05) is 20.8 Å². The van der Waals surface area contributed by atoms with Gasteiger partial charge in [-0.2, -0.15) is 5.10 Å². The fourth-order valence-corrected chi connectivity index (χ4v) is 1.28. The van der Waals surface area contributed by atoms with Crippen molar-refractivity contribution in [1.82, 2.24) is 9.78 Å². The van der Waals surface area contributed by atoms with Crippen LogP contribution in [0.25, 0.3) is 0 Å². The Kier molecular flexibility index (Phi) is 2.50. The molecule has 1 aromatic rings. The van der Waals surface area contributed by atoms with Crippen LogP contribution in [0, 0.1) is 0 Å². The van der Waals surface area contributed by atoms with Crippen molar-refractivity contribution in [2.24, 2.45) is 7.05 Å². The van der Waals surface area contributed by atoms with Crippen LogP contribution in [-0.4, -0.2) is 26.9 Å². The minimum absolute atomic E-state index is 0.166. The molecule has 0 saturated heterocycles. The Balaban J connectivity index is 3.20. The highest BCUT2D eigenvalue weighted by atomic mass is 16.4. The van der Waals surface area contributed by atoms with Gasteiger partial charge in [0.25, 0.3) is 0 Å². The summed E-state index contributed by atoms with van der Waals surface area (Å²) in [6, 6.07) is 0. The predicted molar refractivity (Wildman–Crippen MR) is 51.7 cm³/mol. The van der Waals surface area contributed by atoms with Gasteiger partial charge < -0.3 is 10.0 Å². The summed E-state index contributed by atoms with van der Waals surface area (Å²) in [5, 5.41) is 22.4. The molecule has 0 spiro atoms. The molecule has 5 heteroatoms. The summed E-state index contributed by atoms with van der Waals surface area (Å²) >= 11 is 0. The van der Waals surface area contributed by atoms with Crippen molar-refractivity contribution >= 4 is 12.6 Å². The van der Waals surface area contributed by atoms with Crippen LogP contribution < -0.4 is 5.46 Å². The smallest absolute Gasteiger partial charge is 0.423 e. The van der Waals surface area contributed by atoms with E-state index in [4.69, 9.17) is 10.0 Å². The molecule has 0 amide bonds. The van der Waals surface area contributed by atoms with Gasteiger partial charge in [0.15, 0.2) is 0 Å². The maximum Gasteiger partial charge on any atom is 0.491 e.